The SMILES string of the molecule is COc1cc(CN)cc(Br)c1OCCC(=O)NC1CC1. The molecule has 0 spiro atoms. The minimum absolute atomic E-state index is 0.0289. The number of benzene rings is 1. The molecule has 1 aliphatic rings. The number of carbonyl (C=O) groups excluding carboxylic acids is 1. The van der Waals surface area contributed by atoms with E-state index in [-0.39, 0.29) is 5.91 Å². The largest absolute Gasteiger partial charge is 0.493 e. The van der Waals surface area contributed by atoms with E-state index in [0.29, 0.717) is 37.1 Å². The number of rotatable bonds is 7. The van der Waals surface area contributed by atoms with Crippen LogP contribution in [0.1, 0.15) is 24.8 Å². The summed E-state index contributed by atoms with van der Waals surface area (Å²) in [5, 5.41) is 2.92. The summed E-state index contributed by atoms with van der Waals surface area (Å²) in [6, 6.07) is 4.11. The lowest BCUT2D eigenvalue weighted by Crippen LogP contribution is -2.26. The van der Waals surface area contributed by atoms with Gasteiger partial charge in [0, 0.05) is 12.6 Å². The maximum atomic E-state index is 11.6. The molecule has 1 amide bonds. The van der Waals surface area contributed by atoms with Crippen molar-refractivity contribution >= 4 is 21.8 Å². The number of nitrogens with two attached hydrogens (primary N) is 1. The first-order valence-corrected chi connectivity index (χ1v) is 7.42. The van der Waals surface area contributed by atoms with Gasteiger partial charge >= 0.3 is 0 Å². The van der Waals surface area contributed by atoms with Gasteiger partial charge in [0.05, 0.1) is 24.6 Å². The summed E-state index contributed by atoms with van der Waals surface area (Å²) < 4.78 is 11.7. The summed E-state index contributed by atoms with van der Waals surface area (Å²) in [5.41, 5.74) is 6.57. The van der Waals surface area contributed by atoms with E-state index in [1.165, 1.54) is 0 Å². The van der Waals surface area contributed by atoms with Crippen molar-refractivity contribution in [2.24, 2.45) is 5.73 Å². The Labute approximate surface area is 126 Å². The number of halogens is 1. The minimum Gasteiger partial charge on any atom is -0.493 e. The Morgan fingerprint density at radius 3 is 2.85 bits per heavy atom. The smallest absolute Gasteiger partial charge is 0.223 e. The molecular weight excluding hydrogens is 324 g/mol. The van der Waals surface area contributed by atoms with Crippen molar-refractivity contribution < 1.29 is 14.3 Å². The first-order valence-electron chi connectivity index (χ1n) is 6.62. The van der Waals surface area contributed by atoms with Crippen LogP contribution in [0, 0.1) is 0 Å². The molecular formula is C14H19BrN2O3. The summed E-state index contributed by atoms with van der Waals surface area (Å²) in [4.78, 5) is 11.6. The molecule has 1 saturated carbocycles. The number of hydrogen-bond acceptors (Lipinski definition) is 4. The maximum absolute atomic E-state index is 11.6. The molecule has 1 fully saturated rings. The highest BCUT2D eigenvalue weighted by Gasteiger charge is 2.23. The average Bonchev–Trinajstić information content (AvgIpc) is 3.23. The zero-order valence-electron chi connectivity index (χ0n) is 11.4. The van der Waals surface area contributed by atoms with Crippen LogP contribution in [0.25, 0.3) is 0 Å². The molecule has 6 heteroatoms. The summed E-state index contributed by atoms with van der Waals surface area (Å²) >= 11 is 3.44. The molecule has 0 aromatic heterocycles. The standard InChI is InChI=1S/C14H19BrN2O3/c1-19-12-7-9(8-16)6-11(15)14(12)20-5-4-13(18)17-10-2-3-10/h6-7,10H,2-5,8,16H2,1H3,(H,17,18). The van der Waals surface area contributed by atoms with Crippen molar-refractivity contribution in [2.75, 3.05) is 13.7 Å². The van der Waals surface area contributed by atoms with Crippen molar-refractivity contribution in [3.05, 3.63) is 22.2 Å². The summed E-state index contributed by atoms with van der Waals surface area (Å²) in [6.45, 7) is 0.745. The van der Waals surface area contributed by atoms with Crippen LogP contribution in [0.3, 0.4) is 0 Å². The van der Waals surface area contributed by atoms with Crippen molar-refractivity contribution in [2.45, 2.75) is 31.8 Å². The molecule has 20 heavy (non-hydrogen) atoms. The lowest BCUT2D eigenvalue weighted by molar-refractivity contribution is -0.121. The van der Waals surface area contributed by atoms with Crippen molar-refractivity contribution in [1.82, 2.24) is 5.32 Å². The predicted molar refractivity (Wildman–Crippen MR) is 79.9 cm³/mol. The van der Waals surface area contributed by atoms with E-state index in [1.54, 1.807) is 7.11 Å². The van der Waals surface area contributed by atoms with Gasteiger partial charge in [0.15, 0.2) is 11.5 Å². The lowest BCUT2D eigenvalue weighted by atomic mass is 10.2. The Morgan fingerprint density at radius 2 is 2.25 bits per heavy atom. The second-order valence-electron chi connectivity index (χ2n) is 4.75. The quantitative estimate of drug-likeness (QED) is 0.794. The fraction of sp³-hybridized carbons (Fsp3) is 0.500. The average molecular weight is 343 g/mol. The molecule has 0 aliphatic heterocycles. The molecule has 1 aliphatic carbocycles. The molecule has 0 bridgehead atoms. The second kappa shape index (κ2) is 6.95. The molecule has 0 unspecified atom stereocenters. The Kier molecular flexibility index (Phi) is 5.25. The normalized spacial score (nSPS) is 13.9. The van der Waals surface area contributed by atoms with Gasteiger partial charge in [-0.1, -0.05) is 0 Å². The van der Waals surface area contributed by atoms with Gasteiger partial charge in [0.25, 0.3) is 0 Å². The Morgan fingerprint density at radius 1 is 1.50 bits per heavy atom. The van der Waals surface area contributed by atoms with Crippen molar-refractivity contribution in [1.29, 1.82) is 0 Å². The van der Waals surface area contributed by atoms with Crippen LogP contribution in [0.4, 0.5) is 0 Å². The third kappa shape index (κ3) is 4.11. The topological polar surface area (TPSA) is 73.6 Å². The molecule has 1 aromatic carbocycles. The van der Waals surface area contributed by atoms with Gasteiger partial charge in [-0.2, -0.15) is 0 Å². The van der Waals surface area contributed by atoms with Crippen LogP contribution >= 0.6 is 15.9 Å². The summed E-state index contributed by atoms with van der Waals surface area (Å²) in [5.74, 6) is 1.24. The molecule has 5 nitrogen and oxygen atoms in total. The number of methoxy groups -OCH3 is 1. The Balaban J connectivity index is 1.92. The summed E-state index contributed by atoms with van der Waals surface area (Å²) in [6.07, 6.45) is 2.52. The van der Waals surface area contributed by atoms with Gasteiger partial charge in [-0.05, 0) is 46.5 Å². The first-order chi connectivity index (χ1) is 9.63. The number of nitrogens with one attached hydrogen (secondary N) is 1. The van der Waals surface area contributed by atoms with E-state index < -0.39 is 0 Å². The number of ether oxygens (including phenoxy) is 2. The zero-order valence-corrected chi connectivity index (χ0v) is 13.0. The van der Waals surface area contributed by atoms with Crippen LogP contribution in [-0.4, -0.2) is 25.7 Å². The van der Waals surface area contributed by atoms with Gasteiger partial charge < -0.3 is 20.5 Å². The fourth-order valence-electron chi connectivity index (χ4n) is 1.80. The van der Waals surface area contributed by atoms with Crippen LogP contribution < -0.4 is 20.5 Å². The highest BCUT2D eigenvalue weighted by Crippen LogP contribution is 2.36. The van der Waals surface area contributed by atoms with Crippen molar-refractivity contribution in [3.8, 4) is 11.5 Å². The van der Waals surface area contributed by atoms with Crippen LogP contribution in [0.15, 0.2) is 16.6 Å². The molecule has 0 atom stereocenters. The molecule has 0 radical (unpaired) electrons. The molecule has 110 valence electrons. The predicted octanol–water partition coefficient (Wildman–Crippen LogP) is 1.96. The van der Waals surface area contributed by atoms with Gasteiger partial charge in [-0.15, -0.1) is 0 Å². The molecule has 0 heterocycles. The first kappa shape index (κ1) is 15.1. The highest BCUT2D eigenvalue weighted by molar-refractivity contribution is 9.10. The number of amides is 1. The Hall–Kier alpha value is -1.27. The molecule has 3 N–H and O–H groups in total. The van der Waals surface area contributed by atoms with E-state index in [2.05, 4.69) is 21.2 Å². The molecule has 1 aromatic rings. The van der Waals surface area contributed by atoms with Gasteiger partial charge in [-0.25, -0.2) is 0 Å². The third-order valence-electron chi connectivity index (χ3n) is 3.04. The molecule has 0 saturated heterocycles. The molecule has 2 rings (SSSR count). The maximum Gasteiger partial charge on any atom is 0.223 e. The van der Waals surface area contributed by atoms with Crippen LogP contribution in [0.5, 0.6) is 11.5 Å². The highest BCUT2D eigenvalue weighted by atomic mass is 79.9. The fourth-order valence-corrected chi connectivity index (χ4v) is 2.41. The van der Waals surface area contributed by atoms with Crippen LogP contribution in [0.2, 0.25) is 0 Å². The van der Waals surface area contributed by atoms with E-state index in [9.17, 15) is 4.79 Å². The van der Waals surface area contributed by atoms with E-state index >= 15 is 0 Å². The minimum atomic E-state index is 0.0289. The van der Waals surface area contributed by atoms with Crippen LogP contribution in [-0.2, 0) is 11.3 Å². The second-order valence-corrected chi connectivity index (χ2v) is 5.61. The monoisotopic (exact) mass is 342 g/mol. The lowest BCUT2D eigenvalue weighted by Gasteiger charge is -2.14. The van der Waals surface area contributed by atoms with Gasteiger partial charge in [0.2, 0.25) is 5.91 Å². The number of hydrogen-bond donors (Lipinski definition) is 2. The summed E-state index contributed by atoms with van der Waals surface area (Å²) in [7, 11) is 1.58. The van der Waals surface area contributed by atoms with E-state index in [1.807, 2.05) is 12.1 Å². The van der Waals surface area contributed by atoms with Gasteiger partial charge in [-0.3, -0.25) is 4.79 Å². The van der Waals surface area contributed by atoms with E-state index in [4.69, 9.17) is 15.2 Å². The van der Waals surface area contributed by atoms with Gasteiger partial charge in [0.1, 0.15) is 0 Å². The Bertz CT molecular complexity index is 490. The zero-order chi connectivity index (χ0) is 14.5. The number of carbonyl (C=O) groups is 1. The van der Waals surface area contributed by atoms with E-state index in [0.717, 1.165) is 22.9 Å². The third-order valence-corrected chi connectivity index (χ3v) is 3.63. The van der Waals surface area contributed by atoms with Crippen molar-refractivity contribution in [3.63, 3.8) is 0 Å².